The van der Waals surface area contributed by atoms with Gasteiger partial charge in [0.1, 0.15) is 0 Å². The van der Waals surface area contributed by atoms with Gasteiger partial charge in [-0.1, -0.05) is 35.5 Å². The van der Waals surface area contributed by atoms with E-state index in [2.05, 4.69) is 26.2 Å². The van der Waals surface area contributed by atoms with Crippen LogP contribution in [0.2, 0.25) is 0 Å². The Labute approximate surface area is 119 Å². The average Bonchev–Trinajstić information content (AvgIpc) is 2.81. The fourth-order valence-corrected chi connectivity index (χ4v) is 2.21. The summed E-state index contributed by atoms with van der Waals surface area (Å²) in [5.41, 5.74) is 1.38. The Morgan fingerprint density at radius 3 is 2.74 bits per heavy atom. The molecule has 2 aromatic rings. The lowest BCUT2D eigenvalue weighted by Gasteiger charge is -2.14. The lowest BCUT2D eigenvalue weighted by atomic mass is 10.1. The normalized spacial score (nSPS) is 12.2. The summed E-state index contributed by atoms with van der Waals surface area (Å²) in [6, 6.07) is 9.70. The zero-order valence-corrected chi connectivity index (χ0v) is 12.3. The topological polar surface area (TPSA) is 57.0 Å². The average molecular weight is 324 g/mol. The minimum atomic E-state index is -0.429. The highest BCUT2D eigenvalue weighted by atomic mass is 79.9. The molecule has 19 heavy (non-hydrogen) atoms. The van der Waals surface area contributed by atoms with Gasteiger partial charge in [0.05, 0.1) is 12.6 Å². The molecule has 100 valence electrons. The van der Waals surface area contributed by atoms with Crippen LogP contribution in [0.5, 0.6) is 0 Å². The fourth-order valence-electron chi connectivity index (χ4n) is 1.80. The second-order valence-corrected chi connectivity index (χ2v) is 4.73. The van der Waals surface area contributed by atoms with Crippen molar-refractivity contribution in [2.45, 2.75) is 19.9 Å². The van der Waals surface area contributed by atoms with Crippen LogP contribution in [0, 0.1) is 0 Å². The molecule has 0 saturated heterocycles. The van der Waals surface area contributed by atoms with Crippen molar-refractivity contribution in [2.24, 2.45) is 0 Å². The summed E-state index contributed by atoms with van der Waals surface area (Å²) in [6.45, 7) is 4.04. The molecular weight excluding hydrogens is 310 g/mol. The monoisotopic (exact) mass is 323 g/mol. The van der Waals surface area contributed by atoms with E-state index >= 15 is 0 Å². The van der Waals surface area contributed by atoms with E-state index < -0.39 is 5.97 Å². The Bertz CT molecular complexity index is 569. The van der Waals surface area contributed by atoms with E-state index in [1.165, 1.54) is 0 Å². The van der Waals surface area contributed by atoms with Gasteiger partial charge in [0.2, 0.25) is 0 Å². The standard InChI is InChI=1S/C13H14BrN3O2/c1-3-19-13(18)11-12(14)15-16-17(11)9(2)10-7-5-4-6-8-10/h4-9H,3H2,1-2H3. The molecule has 1 heterocycles. The smallest absolute Gasteiger partial charge is 0.359 e. The van der Waals surface area contributed by atoms with Crippen LogP contribution in [0.3, 0.4) is 0 Å². The number of esters is 1. The van der Waals surface area contributed by atoms with Crippen LogP contribution in [0.25, 0.3) is 0 Å². The first-order valence-corrected chi connectivity index (χ1v) is 6.77. The minimum absolute atomic E-state index is 0.0978. The van der Waals surface area contributed by atoms with Crippen molar-refractivity contribution in [3.8, 4) is 0 Å². The summed E-state index contributed by atoms with van der Waals surface area (Å²) in [5.74, 6) is -0.429. The molecule has 0 amide bonds. The highest BCUT2D eigenvalue weighted by Crippen LogP contribution is 2.22. The molecule has 0 fully saturated rings. The number of carbonyl (C=O) groups is 1. The van der Waals surface area contributed by atoms with Crippen molar-refractivity contribution in [3.63, 3.8) is 0 Å². The van der Waals surface area contributed by atoms with E-state index in [9.17, 15) is 4.79 Å². The Morgan fingerprint density at radius 1 is 1.42 bits per heavy atom. The van der Waals surface area contributed by atoms with Crippen molar-refractivity contribution in [1.29, 1.82) is 0 Å². The van der Waals surface area contributed by atoms with Gasteiger partial charge in [0.15, 0.2) is 10.3 Å². The maximum absolute atomic E-state index is 11.9. The lowest BCUT2D eigenvalue weighted by molar-refractivity contribution is 0.0509. The molecule has 5 nitrogen and oxygen atoms in total. The van der Waals surface area contributed by atoms with E-state index in [4.69, 9.17) is 4.74 Å². The molecule has 6 heteroatoms. The second kappa shape index (κ2) is 5.97. The molecule has 1 aromatic carbocycles. The number of rotatable bonds is 4. The Hall–Kier alpha value is -1.69. The van der Waals surface area contributed by atoms with E-state index in [1.807, 2.05) is 37.3 Å². The summed E-state index contributed by atoms with van der Waals surface area (Å²) < 4.78 is 6.99. The molecule has 0 spiro atoms. The molecule has 1 aromatic heterocycles. The molecule has 0 saturated carbocycles. The molecule has 1 atom stereocenters. The fraction of sp³-hybridized carbons (Fsp3) is 0.308. The third-order valence-electron chi connectivity index (χ3n) is 2.77. The maximum Gasteiger partial charge on any atom is 0.359 e. The van der Waals surface area contributed by atoms with Gasteiger partial charge >= 0.3 is 5.97 Å². The molecular formula is C13H14BrN3O2. The van der Waals surface area contributed by atoms with Gasteiger partial charge in [0, 0.05) is 0 Å². The Kier molecular flexibility index (Phi) is 4.31. The quantitative estimate of drug-likeness (QED) is 0.812. The third-order valence-corrected chi connectivity index (χ3v) is 3.31. The number of ether oxygens (including phenoxy) is 1. The van der Waals surface area contributed by atoms with Crippen LogP contribution in [-0.4, -0.2) is 27.6 Å². The first kappa shape index (κ1) is 13.7. The summed E-state index contributed by atoms with van der Waals surface area (Å²) in [7, 11) is 0. The molecule has 0 bridgehead atoms. The summed E-state index contributed by atoms with van der Waals surface area (Å²) in [5, 5.41) is 7.91. The third kappa shape index (κ3) is 2.84. The van der Waals surface area contributed by atoms with Crippen LogP contribution in [0.15, 0.2) is 34.9 Å². The molecule has 2 rings (SSSR count). The molecule has 0 aliphatic rings. The molecule has 0 aliphatic heterocycles. The van der Waals surface area contributed by atoms with Gasteiger partial charge in [-0.25, -0.2) is 9.48 Å². The van der Waals surface area contributed by atoms with E-state index in [1.54, 1.807) is 11.6 Å². The summed E-state index contributed by atoms with van der Waals surface area (Å²) >= 11 is 3.23. The number of benzene rings is 1. The van der Waals surface area contributed by atoms with Crippen LogP contribution < -0.4 is 0 Å². The van der Waals surface area contributed by atoms with Crippen LogP contribution in [0.4, 0.5) is 0 Å². The Morgan fingerprint density at radius 2 is 2.11 bits per heavy atom. The highest BCUT2D eigenvalue weighted by molar-refractivity contribution is 9.10. The maximum atomic E-state index is 11.9. The van der Waals surface area contributed by atoms with E-state index in [0.717, 1.165) is 5.56 Å². The first-order chi connectivity index (χ1) is 9.15. The number of hydrogen-bond acceptors (Lipinski definition) is 4. The lowest BCUT2D eigenvalue weighted by Crippen LogP contribution is -2.17. The van der Waals surface area contributed by atoms with Gasteiger partial charge < -0.3 is 4.74 Å². The van der Waals surface area contributed by atoms with Crippen molar-refractivity contribution >= 4 is 21.9 Å². The minimum Gasteiger partial charge on any atom is -0.461 e. The Balaban J connectivity index is 2.38. The van der Waals surface area contributed by atoms with Crippen LogP contribution in [0.1, 0.15) is 35.9 Å². The van der Waals surface area contributed by atoms with Gasteiger partial charge in [-0.05, 0) is 35.3 Å². The van der Waals surface area contributed by atoms with E-state index in [-0.39, 0.29) is 6.04 Å². The van der Waals surface area contributed by atoms with Crippen molar-refractivity contribution in [2.75, 3.05) is 6.61 Å². The van der Waals surface area contributed by atoms with Gasteiger partial charge in [-0.3, -0.25) is 0 Å². The van der Waals surface area contributed by atoms with Crippen molar-refractivity contribution in [3.05, 3.63) is 46.2 Å². The van der Waals surface area contributed by atoms with E-state index in [0.29, 0.717) is 16.9 Å². The molecule has 0 aliphatic carbocycles. The molecule has 0 radical (unpaired) electrons. The zero-order valence-electron chi connectivity index (χ0n) is 10.7. The number of aromatic nitrogens is 3. The van der Waals surface area contributed by atoms with Crippen molar-refractivity contribution < 1.29 is 9.53 Å². The van der Waals surface area contributed by atoms with Gasteiger partial charge in [-0.15, -0.1) is 5.10 Å². The van der Waals surface area contributed by atoms with Crippen LogP contribution >= 0.6 is 15.9 Å². The van der Waals surface area contributed by atoms with Crippen molar-refractivity contribution in [1.82, 2.24) is 15.0 Å². The largest absolute Gasteiger partial charge is 0.461 e. The number of halogens is 1. The highest BCUT2D eigenvalue weighted by Gasteiger charge is 2.23. The van der Waals surface area contributed by atoms with Gasteiger partial charge in [-0.2, -0.15) is 0 Å². The number of nitrogens with zero attached hydrogens (tertiary/aromatic N) is 3. The summed E-state index contributed by atoms with van der Waals surface area (Å²) in [4.78, 5) is 11.9. The first-order valence-electron chi connectivity index (χ1n) is 5.98. The van der Waals surface area contributed by atoms with Gasteiger partial charge in [0.25, 0.3) is 0 Å². The number of hydrogen-bond donors (Lipinski definition) is 0. The predicted octanol–water partition coefficient (Wildman–Crippen LogP) is 2.83. The number of carbonyl (C=O) groups excluding carboxylic acids is 1. The summed E-state index contributed by atoms with van der Waals surface area (Å²) in [6.07, 6.45) is 0. The second-order valence-electron chi connectivity index (χ2n) is 3.98. The predicted molar refractivity (Wildman–Crippen MR) is 73.9 cm³/mol. The zero-order chi connectivity index (χ0) is 13.8. The molecule has 1 unspecified atom stereocenters. The SMILES string of the molecule is CCOC(=O)c1c(Br)nnn1C(C)c1ccccc1. The van der Waals surface area contributed by atoms with Crippen LogP contribution in [-0.2, 0) is 4.74 Å². The molecule has 0 N–H and O–H groups in total.